The topological polar surface area (TPSA) is 59.0 Å². The lowest BCUT2D eigenvalue weighted by Crippen LogP contribution is -2.07. The number of methoxy groups -OCH3 is 1. The minimum Gasteiger partial charge on any atom is -0.508 e. The molecule has 0 radical (unpaired) electrons. The van der Waals surface area contributed by atoms with Gasteiger partial charge in [0.05, 0.1) is 7.11 Å². The van der Waals surface area contributed by atoms with Crippen LogP contribution in [-0.2, 0) is 4.79 Å². The summed E-state index contributed by atoms with van der Waals surface area (Å²) in [5.74, 6) is 2.98. The fourth-order valence-electron chi connectivity index (χ4n) is 2.51. The van der Waals surface area contributed by atoms with Crippen molar-refractivity contribution in [1.82, 2.24) is 0 Å². The monoisotopic (exact) mass is 403 g/mol. The Labute approximate surface area is 177 Å². The summed E-state index contributed by atoms with van der Waals surface area (Å²) in [6, 6.07) is 13.0. The van der Waals surface area contributed by atoms with Crippen LogP contribution >= 0.6 is 0 Å². The van der Waals surface area contributed by atoms with Gasteiger partial charge in [0.15, 0.2) is 17.3 Å². The predicted octanol–water partition coefficient (Wildman–Crippen LogP) is 4.51. The molecule has 0 aliphatic heterocycles. The first kappa shape index (κ1) is 22.4. The van der Waals surface area contributed by atoms with E-state index < -0.39 is 0 Å². The molecule has 154 valence electrons. The number of anilines is 1. The van der Waals surface area contributed by atoms with Gasteiger partial charge < -0.3 is 19.5 Å². The van der Waals surface area contributed by atoms with Crippen LogP contribution in [0.3, 0.4) is 0 Å². The zero-order valence-corrected chi connectivity index (χ0v) is 17.3. The summed E-state index contributed by atoms with van der Waals surface area (Å²) in [6.45, 7) is 0.143. The number of hydrogen-bond donors (Lipinski definition) is 1. The Morgan fingerprint density at radius 3 is 2.37 bits per heavy atom. The van der Waals surface area contributed by atoms with Crippen molar-refractivity contribution >= 4 is 23.6 Å². The van der Waals surface area contributed by atoms with Gasteiger partial charge in [-0.15, -0.1) is 6.42 Å². The van der Waals surface area contributed by atoms with Crippen molar-refractivity contribution in [3.05, 3.63) is 77.6 Å². The normalized spacial score (nSPS) is 11.5. The van der Waals surface area contributed by atoms with Crippen LogP contribution < -0.4 is 14.4 Å². The molecule has 2 aromatic rings. The summed E-state index contributed by atoms with van der Waals surface area (Å²) in [7, 11) is 5.46. The second-order valence-electron chi connectivity index (χ2n) is 6.53. The SMILES string of the molecule is C#CCOc1ccc(C=CC(O)=CC(=O)C=Cc2ccc(N(C)C)cc2)cc1OC. The lowest BCUT2D eigenvalue weighted by atomic mass is 10.1. The van der Waals surface area contributed by atoms with E-state index in [1.54, 1.807) is 30.4 Å². The lowest BCUT2D eigenvalue weighted by molar-refractivity contribution is -0.110. The third-order valence-corrected chi connectivity index (χ3v) is 4.08. The molecular formula is C25H25NO4. The van der Waals surface area contributed by atoms with Crippen LogP contribution in [-0.4, -0.2) is 38.7 Å². The van der Waals surface area contributed by atoms with E-state index in [1.165, 1.54) is 19.3 Å². The fraction of sp³-hybridized carbons (Fsp3) is 0.160. The molecule has 0 bridgehead atoms. The largest absolute Gasteiger partial charge is 0.508 e. The summed E-state index contributed by atoms with van der Waals surface area (Å²) < 4.78 is 10.7. The van der Waals surface area contributed by atoms with E-state index in [0.717, 1.165) is 22.9 Å². The van der Waals surface area contributed by atoms with E-state index in [2.05, 4.69) is 5.92 Å². The minimum absolute atomic E-state index is 0.143. The number of hydrogen-bond acceptors (Lipinski definition) is 5. The first-order valence-electron chi connectivity index (χ1n) is 9.25. The number of aliphatic hydroxyl groups excluding tert-OH is 1. The first-order valence-corrected chi connectivity index (χ1v) is 9.25. The average molecular weight is 403 g/mol. The van der Waals surface area contributed by atoms with E-state index in [4.69, 9.17) is 15.9 Å². The van der Waals surface area contributed by atoms with Crippen molar-refractivity contribution in [3.8, 4) is 23.8 Å². The summed E-state index contributed by atoms with van der Waals surface area (Å²) in [5.41, 5.74) is 2.74. The number of rotatable bonds is 9. The van der Waals surface area contributed by atoms with E-state index in [1.807, 2.05) is 43.3 Å². The Hall–Kier alpha value is -3.91. The molecular weight excluding hydrogens is 378 g/mol. The minimum atomic E-state index is -0.315. The number of allylic oxidation sites excluding steroid dienone is 3. The number of carbonyl (C=O) groups excluding carboxylic acids is 1. The molecule has 0 atom stereocenters. The van der Waals surface area contributed by atoms with Gasteiger partial charge in [-0.05, 0) is 47.5 Å². The van der Waals surface area contributed by atoms with Crippen molar-refractivity contribution < 1.29 is 19.4 Å². The van der Waals surface area contributed by atoms with Crippen LogP contribution in [0, 0.1) is 12.3 Å². The van der Waals surface area contributed by atoms with Gasteiger partial charge in [0, 0.05) is 25.9 Å². The Bertz CT molecular complexity index is 993. The van der Waals surface area contributed by atoms with Crippen LogP contribution in [0.5, 0.6) is 11.5 Å². The molecule has 0 aromatic heterocycles. The number of terminal acetylenes is 1. The van der Waals surface area contributed by atoms with Gasteiger partial charge in [-0.1, -0.05) is 36.3 Å². The summed E-state index contributed by atoms with van der Waals surface area (Å²) >= 11 is 0. The number of nitrogens with zero attached hydrogens (tertiary/aromatic N) is 1. The number of aliphatic hydroxyl groups is 1. The van der Waals surface area contributed by atoms with Gasteiger partial charge in [0.25, 0.3) is 0 Å². The molecule has 0 aliphatic carbocycles. The standard InChI is InChI=1S/C25H25NO4/c1-5-16-30-24-15-10-20(17-25(24)29-4)9-14-23(28)18-22(27)13-8-19-6-11-21(12-7-19)26(2)3/h1,6-15,17-18,28H,16H2,2-4H3. The second kappa shape index (κ2) is 11.2. The number of benzene rings is 2. The van der Waals surface area contributed by atoms with Crippen LogP contribution in [0.4, 0.5) is 5.69 Å². The molecule has 2 rings (SSSR count). The summed E-state index contributed by atoms with van der Waals surface area (Å²) in [6.07, 6.45) is 12.6. The Balaban J connectivity index is 2.02. The van der Waals surface area contributed by atoms with Crippen LogP contribution in [0.25, 0.3) is 12.2 Å². The van der Waals surface area contributed by atoms with Crippen molar-refractivity contribution in [3.63, 3.8) is 0 Å². The molecule has 0 aliphatic rings. The highest BCUT2D eigenvalue weighted by molar-refractivity contribution is 6.02. The molecule has 0 amide bonds. The zero-order chi connectivity index (χ0) is 21.9. The Kier molecular flexibility index (Phi) is 8.34. The maximum absolute atomic E-state index is 12.0. The van der Waals surface area contributed by atoms with Crippen molar-refractivity contribution in [2.24, 2.45) is 0 Å². The van der Waals surface area contributed by atoms with Crippen LogP contribution in [0.1, 0.15) is 11.1 Å². The number of carbonyl (C=O) groups is 1. The van der Waals surface area contributed by atoms with Gasteiger partial charge in [0.2, 0.25) is 0 Å². The van der Waals surface area contributed by atoms with Crippen LogP contribution in [0.2, 0.25) is 0 Å². The summed E-state index contributed by atoms with van der Waals surface area (Å²) in [5, 5.41) is 10.0. The fourth-order valence-corrected chi connectivity index (χ4v) is 2.51. The van der Waals surface area contributed by atoms with Crippen molar-refractivity contribution in [2.45, 2.75) is 0 Å². The molecule has 5 nitrogen and oxygen atoms in total. The third-order valence-electron chi connectivity index (χ3n) is 4.08. The van der Waals surface area contributed by atoms with Crippen molar-refractivity contribution in [1.29, 1.82) is 0 Å². The van der Waals surface area contributed by atoms with Gasteiger partial charge in [-0.25, -0.2) is 0 Å². The molecule has 30 heavy (non-hydrogen) atoms. The molecule has 1 N–H and O–H groups in total. The molecule has 0 unspecified atom stereocenters. The molecule has 0 saturated carbocycles. The van der Waals surface area contributed by atoms with Gasteiger partial charge in [-0.2, -0.15) is 0 Å². The zero-order valence-electron chi connectivity index (χ0n) is 17.3. The smallest absolute Gasteiger partial charge is 0.182 e. The van der Waals surface area contributed by atoms with Crippen LogP contribution in [0.15, 0.2) is 66.5 Å². The average Bonchev–Trinajstić information content (AvgIpc) is 2.75. The highest BCUT2D eigenvalue weighted by atomic mass is 16.5. The van der Waals surface area contributed by atoms with Crippen molar-refractivity contribution in [2.75, 3.05) is 32.7 Å². The maximum atomic E-state index is 12.0. The molecule has 2 aromatic carbocycles. The molecule has 0 fully saturated rings. The number of ketones is 1. The highest BCUT2D eigenvalue weighted by Gasteiger charge is 2.04. The van der Waals surface area contributed by atoms with E-state index in [9.17, 15) is 9.90 Å². The third kappa shape index (κ3) is 6.92. The first-order chi connectivity index (χ1) is 14.4. The highest BCUT2D eigenvalue weighted by Crippen LogP contribution is 2.28. The predicted molar refractivity (Wildman–Crippen MR) is 122 cm³/mol. The molecule has 5 heteroatoms. The number of ether oxygens (including phenoxy) is 2. The van der Waals surface area contributed by atoms with E-state index in [0.29, 0.717) is 11.5 Å². The maximum Gasteiger partial charge on any atom is 0.182 e. The van der Waals surface area contributed by atoms with E-state index >= 15 is 0 Å². The molecule has 0 saturated heterocycles. The van der Waals surface area contributed by atoms with Gasteiger partial charge in [-0.3, -0.25) is 4.79 Å². The second-order valence-corrected chi connectivity index (χ2v) is 6.53. The molecule has 0 heterocycles. The Morgan fingerprint density at radius 2 is 1.73 bits per heavy atom. The van der Waals surface area contributed by atoms with Gasteiger partial charge in [0.1, 0.15) is 12.4 Å². The van der Waals surface area contributed by atoms with Gasteiger partial charge >= 0.3 is 0 Å². The summed E-state index contributed by atoms with van der Waals surface area (Å²) in [4.78, 5) is 14.0. The quantitative estimate of drug-likeness (QED) is 0.289. The lowest BCUT2D eigenvalue weighted by Gasteiger charge is -2.11. The van der Waals surface area contributed by atoms with E-state index in [-0.39, 0.29) is 18.1 Å². The Morgan fingerprint density at radius 1 is 1.07 bits per heavy atom. The molecule has 0 spiro atoms.